The maximum Gasteiger partial charge on any atom is 0.263 e. The number of aliphatic hydroxyl groups is 1. The fourth-order valence-electron chi connectivity index (χ4n) is 3.86. The average Bonchev–Trinajstić information content (AvgIpc) is 3.37. The fraction of sp³-hybridized carbons (Fsp3) is 0.391. The van der Waals surface area contributed by atoms with Crippen LogP contribution in [0.2, 0.25) is 0 Å². The van der Waals surface area contributed by atoms with E-state index < -0.39 is 17.7 Å². The van der Waals surface area contributed by atoms with Crippen molar-refractivity contribution in [2.24, 2.45) is 0 Å². The molecule has 4 rings (SSSR count). The first-order valence-corrected chi connectivity index (χ1v) is 11.6. The first-order valence-electron chi connectivity index (χ1n) is 10.7. The molecule has 33 heavy (non-hydrogen) atoms. The van der Waals surface area contributed by atoms with Crippen molar-refractivity contribution >= 4 is 33.1 Å². The quantitative estimate of drug-likeness (QED) is 0.399. The molecule has 2 atom stereocenters. The number of benzene rings is 1. The van der Waals surface area contributed by atoms with Gasteiger partial charge in [0.2, 0.25) is 0 Å². The highest BCUT2D eigenvalue weighted by atomic mass is 32.1. The molecule has 0 radical (unpaired) electrons. The summed E-state index contributed by atoms with van der Waals surface area (Å²) < 4.78 is 34.3. The number of ether oxygens (including phenoxy) is 1. The first kappa shape index (κ1) is 23.3. The lowest BCUT2D eigenvalue weighted by Gasteiger charge is -2.14. The molecule has 4 N–H and O–H groups in total. The van der Waals surface area contributed by atoms with Crippen LogP contribution in [-0.2, 0) is 6.42 Å². The standard InChI is InChI=1S/C23H26F2N4O3S/c1-12-3-4-16-20(26-2)21(33-23(16)29-12)22(31)27-6-5-13-7-18(25)19(9-17(13)24)32-11-14-8-15(30)10-28-14/h3-4,7,9,14-15,26,28,30H,5-6,8,10-11H2,1-2H3,(H,27,31). The maximum absolute atomic E-state index is 14.5. The third kappa shape index (κ3) is 5.23. The topological polar surface area (TPSA) is 95.5 Å². The van der Waals surface area contributed by atoms with Crippen molar-refractivity contribution in [3.63, 3.8) is 0 Å². The number of rotatable bonds is 8. The highest BCUT2D eigenvalue weighted by Crippen LogP contribution is 2.34. The number of carbonyl (C=O) groups is 1. The van der Waals surface area contributed by atoms with E-state index in [-0.39, 0.29) is 42.8 Å². The molecule has 0 bridgehead atoms. The van der Waals surface area contributed by atoms with E-state index in [0.717, 1.165) is 28.0 Å². The number of thiophene rings is 1. The normalized spacial score (nSPS) is 18.0. The van der Waals surface area contributed by atoms with E-state index in [1.807, 2.05) is 19.1 Å². The molecular formula is C23H26F2N4O3S. The molecule has 1 amide bonds. The van der Waals surface area contributed by atoms with E-state index in [1.54, 1.807) is 7.05 Å². The van der Waals surface area contributed by atoms with Gasteiger partial charge < -0.3 is 25.8 Å². The molecule has 2 aromatic heterocycles. The minimum absolute atomic E-state index is 0.104. The number of anilines is 1. The number of aliphatic hydroxyl groups excluding tert-OH is 1. The van der Waals surface area contributed by atoms with Crippen LogP contribution >= 0.6 is 11.3 Å². The van der Waals surface area contributed by atoms with Gasteiger partial charge in [-0.3, -0.25) is 4.79 Å². The number of nitrogens with one attached hydrogen (secondary N) is 3. The Labute approximate surface area is 194 Å². The second-order valence-electron chi connectivity index (χ2n) is 8.05. The minimum Gasteiger partial charge on any atom is -0.489 e. The minimum atomic E-state index is -0.667. The van der Waals surface area contributed by atoms with Gasteiger partial charge in [-0.2, -0.15) is 0 Å². The Morgan fingerprint density at radius 1 is 1.33 bits per heavy atom. The van der Waals surface area contributed by atoms with Gasteiger partial charge in [-0.1, -0.05) is 0 Å². The SMILES string of the molecule is CNc1c(C(=O)NCCc2cc(F)c(OCC3CC(O)CN3)cc2F)sc2nc(C)ccc12. The predicted octanol–water partition coefficient (Wildman–Crippen LogP) is 3.00. The number of amides is 1. The molecule has 3 aromatic rings. The Bertz CT molecular complexity index is 1170. The Balaban J connectivity index is 1.37. The average molecular weight is 477 g/mol. The lowest BCUT2D eigenvalue weighted by atomic mass is 10.1. The zero-order chi connectivity index (χ0) is 23.5. The molecule has 7 nitrogen and oxygen atoms in total. The van der Waals surface area contributed by atoms with E-state index in [4.69, 9.17) is 4.74 Å². The summed E-state index contributed by atoms with van der Waals surface area (Å²) in [6.45, 7) is 2.63. The molecule has 0 spiro atoms. The number of β-amino-alcohol motifs (C(OH)–C–C–N with tert-alkyl or cyclic N) is 1. The Morgan fingerprint density at radius 3 is 2.88 bits per heavy atom. The summed E-state index contributed by atoms with van der Waals surface area (Å²) in [5.41, 5.74) is 1.71. The number of halogens is 2. The fourth-order valence-corrected chi connectivity index (χ4v) is 5.00. The van der Waals surface area contributed by atoms with E-state index >= 15 is 0 Å². The monoisotopic (exact) mass is 476 g/mol. The highest BCUT2D eigenvalue weighted by Gasteiger charge is 2.23. The molecule has 1 fully saturated rings. The summed E-state index contributed by atoms with van der Waals surface area (Å²) in [6.07, 6.45) is 0.185. The zero-order valence-electron chi connectivity index (χ0n) is 18.4. The second kappa shape index (κ2) is 9.98. The van der Waals surface area contributed by atoms with Crippen LogP contribution in [0.4, 0.5) is 14.5 Å². The van der Waals surface area contributed by atoms with Crippen LogP contribution in [0.15, 0.2) is 24.3 Å². The van der Waals surface area contributed by atoms with Crippen LogP contribution in [0, 0.1) is 18.6 Å². The number of hydrogen-bond donors (Lipinski definition) is 4. The zero-order valence-corrected chi connectivity index (χ0v) is 19.2. The van der Waals surface area contributed by atoms with Crippen LogP contribution < -0.4 is 20.7 Å². The Kier molecular flexibility index (Phi) is 7.06. The van der Waals surface area contributed by atoms with Gasteiger partial charge in [0.1, 0.15) is 22.1 Å². The second-order valence-corrected chi connectivity index (χ2v) is 9.05. The van der Waals surface area contributed by atoms with Crippen LogP contribution in [0.5, 0.6) is 5.75 Å². The van der Waals surface area contributed by atoms with Gasteiger partial charge in [0, 0.05) is 43.3 Å². The Hall–Kier alpha value is -2.82. The van der Waals surface area contributed by atoms with E-state index in [0.29, 0.717) is 23.5 Å². The van der Waals surface area contributed by atoms with Crippen molar-refractivity contribution in [1.82, 2.24) is 15.6 Å². The first-order chi connectivity index (χ1) is 15.9. The van der Waals surface area contributed by atoms with Crippen LogP contribution in [0.3, 0.4) is 0 Å². The predicted molar refractivity (Wildman–Crippen MR) is 124 cm³/mol. The Morgan fingerprint density at radius 2 is 2.15 bits per heavy atom. The number of carbonyl (C=O) groups excluding carboxylic acids is 1. The molecule has 3 heterocycles. The maximum atomic E-state index is 14.5. The molecule has 1 saturated heterocycles. The summed E-state index contributed by atoms with van der Waals surface area (Å²) in [4.78, 5) is 18.4. The van der Waals surface area contributed by atoms with Crippen molar-refractivity contribution in [1.29, 1.82) is 0 Å². The molecule has 0 saturated carbocycles. The van der Waals surface area contributed by atoms with Crippen molar-refractivity contribution in [2.75, 3.05) is 32.1 Å². The number of hydrogen-bond acceptors (Lipinski definition) is 7. The number of pyridine rings is 1. The molecular weight excluding hydrogens is 450 g/mol. The smallest absolute Gasteiger partial charge is 0.263 e. The van der Waals surface area contributed by atoms with Crippen LogP contribution in [-0.4, -0.2) is 54.9 Å². The van der Waals surface area contributed by atoms with E-state index in [1.165, 1.54) is 11.3 Å². The van der Waals surface area contributed by atoms with Gasteiger partial charge in [0.15, 0.2) is 11.6 Å². The van der Waals surface area contributed by atoms with Gasteiger partial charge >= 0.3 is 0 Å². The van der Waals surface area contributed by atoms with Gasteiger partial charge in [0.05, 0.1) is 11.8 Å². The van der Waals surface area contributed by atoms with Crippen molar-refractivity contribution in [3.05, 3.63) is 52.0 Å². The lowest BCUT2D eigenvalue weighted by Crippen LogP contribution is -2.28. The largest absolute Gasteiger partial charge is 0.489 e. The molecule has 2 unspecified atom stereocenters. The molecule has 1 aliphatic heterocycles. The van der Waals surface area contributed by atoms with Crippen LogP contribution in [0.1, 0.15) is 27.3 Å². The molecule has 176 valence electrons. The van der Waals surface area contributed by atoms with Crippen molar-refractivity contribution < 1.29 is 23.4 Å². The summed E-state index contributed by atoms with van der Waals surface area (Å²) in [5, 5.41) is 19.3. The summed E-state index contributed by atoms with van der Waals surface area (Å²) in [7, 11) is 1.74. The van der Waals surface area contributed by atoms with Gasteiger partial charge in [0.25, 0.3) is 5.91 Å². The van der Waals surface area contributed by atoms with Crippen molar-refractivity contribution in [3.8, 4) is 5.75 Å². The van der Waals surface area contributed by atoms with Gasteiger partial charge in [-0.05, 0) is 43.5 Å². The molecule has 10 heteroatoms. The number of fused-ring (bicyclic) bond motifs is 1. The van der Waals surface area contributed by atoms with E-state index in [2.05, 4.69) is 20.9 Å². The van der Waals surface area contributed by atoms with Crippen molar-refractivity contribution in [2.45, 2.75) is 31.9 Å². The number of aromatic nitrogens is 1. The van der Waals surface area contributed by atoms with Crippen LogP contribution in [0.25, 0.3) is 10.2 Å². The molecule has 1 aliphatic rings. The van der Waals surface area contributed by atoms with Gasteiger partial charge in [-0.25, -0.2) is 13.8 Å². The summed E-state index contributed by atoms with van der Waals surface area (Å²) in [5.74, 6) is -1.74. The third-order valence-electron chi connectivity index (χ3n) is 5.57. The third-order valence-corrected chi connectivity index (χ3v) is 6.67. The highest BCUT2D eigenvalue weighted by molar-refractivity contribution is 7.21. The van der Waals surface area contributed by atoms with E-state index in [9.17, 15) is 18.7 Å². The molecule has 1 aromatic carbocycles. The van der Waals surface area contributed by atoms with Gasteiger partial charge in [-0.15, -0.1) is 11.3 Å². The lowest BCUT2D eigenvalue weighted by molar-refractivity contribution is 0.0959. The summed E-state index contributed by atoms with van der Waals surface area (Å²) in [6, 6.07) is 5.82. The number of nitrogens with zero attached hydrogens (tertiary/aromatic N) is 1. The number of aryl methyl sites for hydroxylation is 1. The summed E-state index contributed by atoms with van der Waals surface area (Å²) >= 11 is 1.28. The molecule has 0 aliphatic carbocycles.